The first kappa shape index (κ1) is 11.8. The highest BCUT2D eigenvalue weighted by atomic mass is 19.1. The maximum atomic E-state index is 12.4. The standard InChI is InChI=1S/C7H5FO2.C2H2N2/c8-6-3-1-2-5(4-9)7(6)10;3-1-2-4/h1-4,10H;3-4H. The van der Waals surface area contributed by atoms with Crippen LogP contribution in [0.25, 0.3) is 0 Å². The van der Waals surface area contributed by atoms with Crippen LogP contribution in [0.1, 0.15) is 10.4 Å². The molecule has 1 aromatic rings. The maximum absolute atomic E-state index is 12.4. The number of aromatic hydroxyl groups is 1. The monoisotopic (exact) mass is 194 g/mol. The molecule has 0 aliphatic rings. The molecule has 0 aliphatic carbocycles. The Balaban J connectivity index is 0.000000364. The molecule has 1 aromatic carbocycles. The van der Waals surface area contributed by atoms with Gasteiger partial charge in [-0.3, -0.25) is 4.79 Å². The van der Waals surface area contributed by atoms with Gasteiger partial charge in [0.15, 0.2) is 17.9 Å². The fourth-order valence-electron chi connectivity index (χ4n) is 0.627. The van der Waals surface area contributed by atoms with Crippen LogP contribution in [0.4, 0.5) is 4.39 Å². The average molecular weight is 194 g/mol. The van der Waals surface area contributed by atoms with E-state index < -0.39 is 11.6 Å². The summed E-state index contributed by atoms with van der Waals surface area (Å²) in [5.74, 6) is 1.84. The fourth-order valence-corrected chi connectivity index (χ4v) is 0.627. The third kappa shape index (κ3) is 3.45. The van der Waals surface area contributed by atoms with Crippen molar-refractivity contribution >= 4 is 18.0 Å². The molecule has 0 radical (unpaired) electrons. The van der Waals surface area contributed by atoms with E-state index >= 15 is 0 Å². The molecular weight excluding hydrogens is 187 g/mol. The van der Waals surface area contributed by atoms with Crippen LogP contribution < -0.4 is 0 Å². The molecule has 0 fully saturated rings. The molecular formula is C9H7FN2O2. The average Bonchev–Trinajstić information content (AvgIpc) is 2.22. The Morgan fingerprint density at radius 1 is 1.36 bits per heavy atom. The predicted octanol–water partition coefficient (Wildman–Crippen LogP) is 1.38. The molecule has 72 valence electrons. The van der Waals surface area contributed by atoms with E-state index in [1.165, 1.54) is 12.1 Å². The summed E-state index contributed by atoms with van der Waals surface area (Å²) in [6, 6.07) is 3.78. The van der Waals surface area contributed by atoms with E-state index in [0.717, 1.165) is 6.07 Å². The molecule has 0 unspecified atom stereocenters. The van der Waals surface area contributed by atoms with Gasteiger partial charge in [-0.15, -0.1) is 0 Å². The summed E-state index contributed by atoms with van der Waals surface area (Å²) in [5, 5.41) is 20.6. The number of hydrogen-bond donors (Lipinski definition) is 3. The van der Waals surface area contributed by atoms with Crippen LogP contribution >= 0.6 is 0 Å². The van der Waals surface area contributed by atoms with Crippen molar-refractivity contribution in [3.05, 3.63) is 29.6 Å². The summed E-state index contributed by atoms with van der Waals surface area (Å²) >= 11 is 0. The topological polar surface area (TPSA) is 85.0 Å². The highest BCUT2D eigenvalue weighted by Crippen LogP contribution is 2.17. The largest absolute Gasteiger partial charge is 0.504 e. The van der Waals surface area contributed by atoms with Crippen LogP contribution in [0.5, 0.6) is 5.75 Å². The Bertz CT molecular complexity index is 384. The van der Waals surface area contributed by atoms with Gasteiger partial charge in [0.1, 0.15) is 0 Å². The molecule has 0 atom stereocenters. The minimum Gasteiger partial charge on any atom is -0.504 e. The van der Waals surface area contributed by atoms with Gasteiger partial charge in [-0.1, -0.05) is 6.07 Å². The van der Waals surface area contributed by atoms with E-state index in [1.807, 2.05) is 0 Å². The lowest BCUT2D eigenvalue weighted by Crippen LogP contribution is -1.83. The molecule has 0 spiro atoms. The quantitative estimate of drug-likeness (QED) is 0.466. The molecule has 5 heteroatoms. The Morgan fingerprint density at radius 3 is 2.29 bits per heavy atom. The molecule has 0 amide bonds. The number of halogens is 1. The van der Waals surface area contributed by atoms with Gasteiger partial charge < -0.3 is 5.11 Å². The van der Waals surface area contributed by atoms with Crippen LogP contribution in [0.2, 0.25) is 0 Å². The minimum atomic E-state index is -0.774. The highest BCUT2D eigenvalue weighted by Gasteiger charge is 2.03. The van der Waals surface area contributed by atoms with Crippen molar-refractivity contribution in [1.29, 1.82) is 10.8 Å². The summed E-state index contributed by atoms with van der Waals surface area (Å²) in [4.78, 5) is 10.1. The van der Waals surface area contributed by atoms with Crippen LogP contribution in [-0.2, 0) is 0 Å². The van der Waals surface area contributed by atoms with Crippen molar-refractivity contribution in [3.63, 3.8) is 0 Å². The third-order valence-electron chi connectivity index (χ3n) is 1.21. The first-order valence-corrected chi connectivity index (χ1v) is 3.43. The van der Waals surface area contributed by atoms with Crippen LogP contribution in [0.3, 0.4) is 0 Å². The highest BCUT2D eigenvalue weighted by molar-refractivity contribution is 5.84. The summed E-state index contributed by atoms with van der Waals surface area (Å²) in [6.45, 7) is 0. The van der Waals surface area contributed by atoms with E-state index in [2.05, 4.69) is 0 Å². The summed E-state index contributed by atoms with van der Waals surface area (Å²) in [7, 11) is 0. The first-order chi connectivity index (χ1) is 6.67. The number of para-hydroxylation sites is 1. The van der Waals surface area contributed by atoms with Crippen LogP contribution in [0, 0.1) is 16.6 Å². The Morgan fingerprint density at radius 2 is 1.93 bits per heavy atom. The van der Waals surface area contributed by atoms with E-state index in [0.29, 0.717) is 6.29 Å². The number of benzene rings is 1. The van der Waals surface area contributed by atoms with E-state index in [1.54, 1.807) is 11.7 Å². The molecule has 14 heavy (non-hydrogen) atoms. The van der Waals surface area contributed by atoms with Gasteiger partial charge in [0, 0.05) is 0 Å². The summed E-state index contributed by atoms with van der Waals surface area (Å²) in [6.07, 6.45) is 0.401. The molecule has 0 saturated heterocycles. The van der Waals surface area contributed by atoms with Crippen molar-refractivity contribution in [1.82, 2.24) is 0 Å². The second kappa shape index (κ2) is 6.31. The van der Waals surface area contributed by atoms with E-state index in [-0.39, 0.29) is 5.56 Å². The maximum Gasteiger partial charge on any atom is 0.165 e. The van der Waals surface area contributed by atoms with Crippen molar-refractivity contribution < 1.29 is 14.3 Å². The van der Waals surface area contributed by atoms with Gasteiger partial charge in [0.05, 0.1) is 17.3 Å². The number of rotatable bonds is 1. The number of phenolic OH excluding ortho intramolecular Hbond substituents is 1. The number of aldehydes is 1. The normalized spacial score (nSPS) is 7.50. The first-order valence-electron chi connectivity index (χ1n) is 3.43. The zero-order valence-corrected chi connectivity index (χ0v) is 7.04. The molecule has 0 aromatic heterocycles. The summed E-state index contributed by atoms with van der Waals surface area (Å²) in [5.41, 5.74) is -0.0278. The molecule has 4 nitrogen and oxygen atoms in total. The van der Waals surface area contributed by atoms with Gasteiger partial charge in [-0.25, -0.2) is 15.2 Å². The van der Waals surface area contributed by atoms with Crippen molar-refractivity contribution in [3.8, 4) is 5.75 Å². The molecule has 0 aliphatic heterocycles. The van der Waals surface area contributed by atoms with Crippen LogP contribution in [0.15, 0.2) is 18.2 Å². The molecule has 0 saturated carbocycles. The zero-order valence-electron chi connectivity index (χ0n) is 7.04. The van der Waals surface area contributed by atoms with Crippen LogP contribution in [-0.4, -0.2) is 23.1 Å². The number of hydrogen-bond acceptors (Lipinski definition) is 4. The Labute approximate surface area is 79.3 Å². The summed E-state index contributed by atoms with van der Waals surface area (Å²) < 4.78 is 12.4. The minimum absolute atomic E-state index is 0.0278. The third-order valence-corrected chi connectivity index (χ3v) is 1.21. The lowest BCUT2D eigenvalue weighted by Gasteiger charge is -1.95. The molecule has 1 rings (SSSR count). The smallest absolute Gasteiger partial charge is 0.165 e. The predicted molar refractivity (Wildman–Crippen MR) is 48.9 cm³/mol. The number of carbonyl (C=O) groups is 1. The second-order valence-corrected chi connectivity index (χ2v) is 2.05. The van der Waals surface area contributed by atoms with Gasteiger partial charge in [0.25, 0.3) is 0 Å². The number of carbonyl (C=O) groups excluding carboxylic acids is 1. The Kier molecular flexibility index (Phi) is 5.31. The van der Waals surface area contributed by atoms with Crippen molar-refractivity contribution in [2.75, 3.05) is 0 Å². The van der Waals surface area contributed by atoms with Crippen molar-refractivity contribution in [2.45, 2.75) is 0 Å². The lowest BCUT2D eigenvalue weighted by molar-refractivity contribution is 0.112. The molecule has 0 bridgehead atoms. The Hall–Kier alpha value is -2.22. The van der Waals surface area contributed by atoms with E-state index in [4.69, 9.17) is 15.9 Å². The van der Waals surface area contributed by atoms with Gasteiger partial charge in [-0.2, -0.15) is 0 Å². The molecule has 3 N–H and O–H groups in total. The van der Waals surface area contributed by atoms with Gasteiger partial charge in [-0.05, 0) is 12.1 Å². The zero-order chi connectivity index (χ0) is 11.0. The number of phenols is 1. The second-order valence-electron chi connectivity index (χ2n) is 2.05. The van der Waals surface area contributed by atoms with E-state index in [9.17, 15) is 9.18 Å². The fraction of sp³-hybridized carbons (Fsp3) is 0. The van der Waals surface area contributed by atoms with Gasteiger partial charge in [0.2, 0.25) is 0 Å². The SMILES string of the molecule is N=C=C=N.O=Cc1cccc(F)c1O. The van der Waals surface area contributed by atoms with Crippen molar-refractivity contribution in [2.24, 2.45) is 0 Å². The number of nitrogens with one attached hydrogen (secondary N) is 2. The lowest BCUT2D eigenvalue weighted by atomic mass is 10.2. The molecule has 0 heterocycles. The van der Waals surface area contributed by atoms with Gasteiger partial charge >= 0.3 is 0 Å².